The lowest BCUT2D eigenvalue weighted by Gasteiger charge is -2.07. The zero-order chi connectivity index (χ0) is 15.5. The van der Waals surface area contributed by atoms with Crippen LogP contribution in [-0.4, -0.2) is 10.7 Å². The predicted octanol–water partition coefficient (Wildman–Crippen LogP) is 3.96. The highest BCUT2D eigenvalue weighted by atomic mass is 15.3. The highest BCUT2D eigenvalue weighted by Crippen LogP contribution is 2.19. The molecule has 0 radical (unpaired) electrons. The van der Waals surface area contributed by atoms with E-state index in [0.717, 1.165) is 33.7 Å². The normalized spacial score (nSPS) is 11.6. The third-order valence-corrected chi connectivity index (χ3v) is 3.59. The molecule has 2 aromatic carbocycles. The number of nitrogens with zero attached hydrogens (tertiary/aromatic N) is 2. The first kappa shape index (κ1) is 14.1. The summed E-state index contributed by atoms with van der Waals surface area (Å²) in [5, 5.41) is 5.57. The van der Waals surface area contributed by atoms with Crippen LogP contribution in [0, 0.1) is 6.92 Å². The fourth-order valence-electron chi connectivity index (χ4n) is 2.34. The number of anilines is 2. The standard InChI is InChI=1S/C18H18N4/c1-12-11-18(20-17-6-4-3-5-16(12)17)22-21-13(2)14-7-9-15(19)10-8-14/h3-11H,19H2,1-2H3,(H,20,22)/b21-13-. The first-order valence-corrected chi connectivity index (χ1v) is 7.16. The first-order chi connectivity index (χ1) is 10.6. The number of rotatable bonds is 3. The Morgan fingerprint density at radius 2 is 1.82 bits per heavy atom. The molecular weight excluding hydrogens is 272 g/mol. The van der Waals surface area contributed by atoms with Gasteiger partial charge in [-0.3, -0.25) is 5.43 Å². The SMILES string of the molecule is C/C(=N/Nc1cc(C)c2ccccc2n1)c1ccc(N)cc1. The summed E-state index contributed by atoms with van der Waals surface area (Å²) < 4.78 is 0. The number of nitrogens with one attached hydrogen (secondary N) is 1. The molecule has 3 N–H and O–H groups in total. The molecule has 22 heavy (non-hydrogen) atoms. The third-order valence-electron chi connectivity index (χ3n) is 3.59. The van der Waals surface area contributed by atoms with Gasteiger partial charge in [0.15, 0.2) is 0 Å². The van der Waals surface area contributed by atoms with Crippen LogP contribution in [0.15, 0.2) is 59.7 Å². The molecule has 0 atom stereocenters. The van der Waals surface area contributed by atoms with E-state index >= 15 is 0 Å². The second kappa shape index (κ2) is 5.85. The summed E-state index contributed by atoms with van der Waals surface area (Å²) in [6.45, 7) is 4.03. The number of fused-ring (bicyclic) bond motifs is 1. The van der Waals surface area contributed by atoms with Crippen molar-refractivity contribution in [1.82, 2.24) is 4.98 Å². The molecule has 0 fully saturated rings. The number of aryl methyl sites for hydroxylation is 1. The van der Waals surface area contributed by atoms with E-state index in [0.29, 0.717) is 0 Å². The number of para-hydroxylation sites is 1. The Kier molecular flexibility index (Phi) is 3.74. The largest absolute Gasteiger partial charge is 0.399 e. The summed E-state index contributed by atoms with van der Waals surface area (Å²) in [5.41, 5.74) is 13.5. The number of nitrogen functional groups attached to an aromatic ring is 1. The summed E-state index contributed by atoms with van der Waals surface area (Å²) in [4.78, 5) is 4.58. The highest BCUT2D eigenvalue weighted by molar-refractivity contribution is 5.99. The molecule has 110 valence electrons. The van der Waals surface area contributed by atoms with Gasteiger partial charge in [0.1, 0.15) is 5.82 Å². The van der Waals surface area contributed by atoms with E-state index in [1.165, 1.54) is 5.56 Å². The number of nitrogens with two attached hydrogens (primary N) is 1. The number of pyridine rings is 1. The zero-order valence-corrected chi connectivity index (χ0v) is 12.7. The van der Waals surface area contributed by atoms with Crippen molar-refractivity contribution in [3.63, 3.8) is 0 Å². The van der Waals surface area contributed by atoms with Crippen LogP contribution in [-0.2, 0) is 0 Å². The Labute approximate surface area is 129 Å². The Morgan fingerprint density at radius 3 is 2.59 bits per heavy atom. The second-order valence-corrected chi connectivity index (χ2v) is 5.27. The van der Waals surface area contributed by atoms with Crippen molar-refractivity contribution in [2.45, 2.75) is 13.8 Å². The number of hydrogen-bond donors (Lipinski definition) is 2. The van der Waals surface area contributed by atoms with Crippen LogP contribution in [0.1, 0.15) is 18.1 Å². The molecular formula is C18H18N4. The summed E-state index contributed by atoms with van der Waals surface area (Å²) in [6, 6.07) is 17.7. The minimum atomic E-state index is 0.742. The maximum Gasteiger partial charge on any atom is 0.147 e. The maximum atomic E-state index is 5.70. The van der Waals surface area contributed by atoms with Crippen LogP contribution in [0.3, 0.4) is 0 Å². The Hall–Kier alpha value is -2.88. The van der Waals surface area contributed by atoms with E-state index in [1.54, 1.807) is 0 Å². The lowest BCUT2D eigenvalue weighted by molar-refractivity contribution is 1.24. The monoisotopic (exact) mass is 290 g/mol. The van der Waals surface area contributed by atoms with Gasteiger partial charge in [-0.25, -0.2) is 4.98 Å². The van der Waals surface area contributed by atoms with E-state index in [9.17, 15) is 0 Å². The quantitative estimate of drug-likeness (QED) is 0.436. The molecule has 1 aromatic heterocycles. The van der Waals surface area contributed by atoms with Crippen molar-refractivity contribution in [3.8, 4) is 0 Å². The summed E-state index contributed by atoms with van der Waals surface area (Å²) >= 11 is 0. The Morgan fingerprint density at radius 1 is 1.09 bits per heavy atom. The molecule has 0 amide bonds. The van der Waals surface area contributed by atoms with Crippen LogP contribution < -0.4 is 11.2 Å². The van der Waals surface area contributed by atoms with E-state index < -0.39 is 0 Å². The summed E-state index contributed by atoms with van der Waals surface area (Å²) in [6.07, 6.45) is 0. The van der Waals surface area contributed by atoms with Crippen molar-refractivity contribution in [3.05, 3.63) is 65.7 Å². The van der Waals surface area contributed by atoms with Crippen molar-refractivity contribution >= 4 is 28.1 Å². The van der Waals surface area contributed by atoms with Gasteiger partial charge in [0, 0.05) is 11.1 Å². The van der Waals surface area contributed by atoms with Crippen molar-refractivity contribution in [2.24, 2.45) is 5.10 Å². The van der Waals surface area contributed by atoms with Crippen molar-refractivity contribution < 1.29 is 0 Å². The topological polar surface area (TPSA) is 63.3 Å². The fourth-order valence-corrected chi connectivity index (χ4v) is 2.34. The minimum absolute atomic E-state index is 0.742. The number of benzene rings is 2. The van der Waals surface area contributed by atoms with Crippen LogP contribution in [0.2, 0.25) is 0 Å². The smallest absolute Gasteiger partial charge is 0.147 e. The predicted molar refractivity (Wildman–Crippen MR) is 93.2 cm³/mol. The fraction of sp³-hybridized carbons (Fsp3) is 0.111. The van der Waals surface area contributed by atoms with Crippen LogP contribution in [0.4, 0.5) is 11.5 Å². The van der Waals surface area contributed by atoms with E-state index in [1.807, 2.05) is 55.5 Å². The van der Waals surface area contributed by atoms with Gasteiger partial charge in [0.25, 0.3) is 0 Å². The van der Waals surface area contributed by atoms with E-state index in [-0.39, 0.29) is 0 Å². The molecule has 1 heterocycles. The van der Waals surface area contributed by atoms with Gasteiger partial charge in [-0.15, -0.1) is 0 Å². The molecule has 0 saturated heterocycles. The summed E-state index contributed by atoms with van der Waals surface area (Å²) in [7, 11) is 0. The van der Waals surface area contributed by atoms with Gasteiger partial charge in [-0.2, -0.15) is 5.10 Å². The van der Waals surface area contributed by atoms with Gasteiger partial charge < -0.3 is 5.73 Å². The molecule has 0 spiro atoms. The van der Waals surface area contributed by atoms with Gasteiger partial charge in [-0.1, -0.05) is 30.3 Å². The van der Waals surface area contributed by atoms with Gasteiger partial charge in [0.2, 0.25) is 0 Å². The number of aromatic nitrogens is 1. The van der Waals surface area contributed by atoms with Gasteiger partial charge in [-0.05, 0) is 49.2 Å². The molecule has 0 saturated carbocycles. The Balaban J connectivity index is 1.86. The van der Waals surface area contributed by atoms with Gasteiger partial charge in [0.05, 0.1) is 11.2 Å². The van der Waals surface area contributed by atoms with Crippen LogP contribution in [0.5, 0.6) is 0 Å². The molecule has 0 unspecified atom stereocenters. The molecule has 0 aliphatic heterocycles. The average Bonchev–Trinajstić information content (AvgIpc) is 2.53. The maximum absolute atomic E-state index is 5.70. The second-order valence-electron chi connectivity index (χ2n) is 5.27. The lowest BCUT2D eigenvalue weighted by atomic mass is 10.1. The van der Waals surface area contributed by atoms with Crippen molar-refractivity contribution in [2.75, 3.05) is 11.2 Å². The number of hydrogen-bond acceptors (Lipinski definition) is 4. The molecule has 3 rings (SSSR count). The summed E-state index contributed by atoms with van der Waals surface area (Å²) in [5.74, 6) is 0.742. The Bertz CT molecular complexity index is 835. The average molecular weight is 290 g/mol. The molecule has 3 aromatic rings. The zero-order valence-electron chi connectivity index (χ0n) is 12.7. The van der Waals surface area contributed by atoms with E-state index in [2.05, 4.69) is 28.5 Å². The van der Waals surface area contributed by atoms with Crippen molar-refractivity contribution in [1.29, 1.82) is 0 Å². The molecule has 4 heteroatoms. The third kappa shape index (κ3) is 2.91. The van der Waals surface area contributed by atoms with Crippen LogP contribution in [0.25, 0.3) is 10.9 Å². The lowest BCUT2D eigenvalue weighted by Crippen LogP contribution is -2.01. The van der Waals surface area contributed by atoms with Crippen LogP contribution >= 0.6 is 0 Å². The molecule has 0 aliphatic rings. The first-order valence-electron chi connectivity index (χ1n) is 7.16. The minimum Gasteiger partial charge on any atom is -0.399 e. The highest BCUT2D eigenvalue weighted by Gasteiger charge is 2.02. The van der Waals surface area contributed by atoms with Gasteiger partial charge >= 0.3 is 0 Å². The van der Waals surface area contributed by atoms with E-state index in [4.69, 9.17) is 5.73 Å². The molecule has 0 aliphatic carbocycles. The molecule has 0 bridgehead atoms. The number of hydrazone groups is 1. The molecule has 4 nitrogen and oxygen atoms in total.